The zero-order valence-corrected chi connectivity index (χ0v) is 12.8. The van der Waals surface area contributed by atoms with Crippen LogP contribution in [-0.4, -0.2) is 0 Å². The maximum absolute atomic E-state index is 3.69. The highest BCUT2D eigenvalue weighted by Crippen LogP contribution is 2.10. The van der Waals surface area contributed by atoms with Gasteiger partial charge in [0.25, 0.3) is 0 Å². The van der Waals surface area contributed by atoms with Crippen LogP contribution in [0, 0.1) is 0 Å². The summed E-state index contributed by atoms with van der Waals surface area (Å²) in [6, 6.07) is 18.0. The molecule has 108 valence electrons. The van der Waals surface area contributed by atoms with Crippen LogP contribution in [0.25, 0.3) is 18.2 Å². The third kappa shape index (κ3) is 8.22. The number of hydrogen-bond donors (Lipinski definition) is 0. The van der Waals surface area contributed by atoms with Gasteiger partial charge in [0.15, 0.2) is 0 Å². The molecule has 0 aromatic heterocycles. The maximum Gasteiger partial charge on any atom is -0.0190 e. The van der Waals surface area contributed by atoms with Crippen molar-refractivity contribution in [3.63, 3.8) is 0 Å². The minimum Gasteiger partial charge on any atom is -0.103 e. The Labute approximate surface area is 129 Å². The van der Waals surface area contributed by atoms with Crippen LogP contribution in [0.2, 0.25) is 0 Å². The van der Waals surface area contributed by atoms with Crippen LogP contribution in [0.15, 0.2) is 87.0 Å². The summed E-state index contributed by atoms with van der Waals surface area (Å²) in [5.41, 5.74) is 3.45. The van der Waals surface area contributed by atoms with Crippen LogP contribution in [0.3, 0.4) is 0 Å². The first-order chi connectivity index (χ1) is 10.2. The summed E-state index contributed by atoms with van der Waals surface area (Å²) in [4.78, 5) is 0. The number of hydrogen-bond acceptors (Lipinski definition) is 0. The minimum absolute atomic E-state index is 1.14. The van der Waals surface area contributed by atoms with Crippen molar-refractivity contribution >= 4 is 18.2 Å². The standard InChI is InChI=1S/C10H10.C8H8.C3H6/c1-3-9-7-5-6-8-10(9)4-2;1-2-8-6-4-3-5-7-8;1-3-2/h3-8H,1-2H2;2-7H,1H2;3H,1H2,2H3. The van der Waals surface area contributed by atoms with Gasteiger partial charge in [0.1, 0.15) is 0 Å². The Morgan fingerprint density at radius 3 is 1.29 bits per heavy atom. The van der Waals surface area contributed by atoms with Crippen molar-refractivity contribution in [1.82, 2.24) is 0 Å². The van der Waals surface area contributed by atoms with Gasteiger partial charge in [0.2, 0.25) is 0 Å². The first kappa shape index (κ1) is 18.4. The van der Waals surface area contributed by atoms with Crippen molar-refractivity contribution in [2.45, 2.75) is 6.92 Å². The molecular formula is C21H24. The van der Waals surface area contributed by atoms with E-state index in [1.807, 2.05) is 79.7 Å². The van der Waals surface area contributed by atoms with Crippen LogP contribution in [0.5, 0.6) is 0 Å². The van der Waals surface area contributed by atoms with Gasteiger partial charge < -0.3 is 0 Å². The molecule has 0 spiro atoms. The molecule has 2 rings (SSSR count). The molecule has 2 aromatic carbocycles. The quantitative estimate of drug-likeness (QED) is 0.562. The molecule has 0 fully saturated rings. The summed E-state index contributed by atoms with van der Waals surface area (Å²) < 4.78 is 0. The van der Waals surface area contributed by atoms with E-state index in [1.165, 1.54) is 5.56 Å². The van der Waals surface area contributed by atoms with E-state index in [-0.39, 0.29) is 0 Å². The lowest BCUT2D eigenvalue weighted by Gasteiger charge is -1.96. The van der Waals surface area contributed by atoms with Crippen molar-refractivity contribution in [3.8, 4) is 0 Å². The van der Waals surface area contributed by atoms with Gasteiger partial charge in [-0.25, -0.2) is 0 Å². The molecule has 0 saturated carbocycles. The molecule has 0 atom stereocenters. The maximum atomic E-state index is 3.69. The molecule has 2 aromatic rings. The third-order valence-corrected chi connectivity index (χ3v) is 2.47. The Balaban J connectivity index is 0.000000327. The third-order valence-electron chi connectivity index (χ3n) is 2.47. The predicted molar refractivity (Wildman–Crippen MR) is 99.0 cm³/mol. The van der Waals surface area contributed by atoms with Gasteiger partial charge in [0.05, 0.1) is 0 Å². The Bertz CT molecular complexity index is 520. The van der Waals surface area contributed by atoms with Gasteiger partial charge >= 0.3 is 0 Å². The fraction of sp³-hybridized carbons (Fsp3) is 0.0476. The van der Waals surface area contributed by atoms with E-state index in [0.717, 1.165) is 11.1 Å². The summed E-state index contributed by atoms with van der Waals surface area (Å²) in [5.74, 6) is 0. The van der Waals surface area contributed by atoms with Crippen LogP contribution >= 0.6 is 0 Å². The van der Waals surface area contributed by atoms with E-state index in [1.54, 1.807) is 6.08 Å². The smallest absolute Gasteiger partial charge is 0.0190 e. The molecule has 21 heavy (non-hydrogen) atoms. The Morgan fingerprint density at radius 1 is 0.619 bits per heavy atom. The number of allylic oxidation sites excluding steroid dienone is 1. The molecule has 0 radical (unpaired) electrons. The Morgan fingerprint density at radius 2 is 1.00 bits per heavy atom. The Hall–Kier alpha value is -2.60. The lowest BCUT2D eigenvalue weighted by atomic mass is 10.1. The molecule has 0 saturated heterocycles. The Kier molecular flexibility index (Phi) is 10.9. The molecule has 0 aliphatic carbocycles. The first-order valence-electron chi connectivity index (χ1n) is 6.81. The van der Waals surface area contributed by atoms with E-state index in [0.29, 0.717) is 0 Å². The van der Waals surface area contributed by atoms with Crippen molar-refractivity contribution in [1.29, 1.82) is 0 Å². The molecule has 0 heterocycles. The molecule has 0 aliphatic heterocycles. The largest absolute Gasteiger partial charge is 0.103 e. The number of rotatable bonds is 3. The van der Waals surface area contributed by atoms with E-state index in [2.05, 4.69) is 26.3 Å². The van der Waals surface area contributed by atoms with Crippen molar-refractivity contribution in [2.24, 2.45) is 0 Å². The van der Waals surface area contributed by atoms with Crippen LogP contribution in [0.4, 0.5) is 0 Å². The van der Waals surface area contributed by atoms with Gasteiger partial charge in [-0.1, -0.05) is 98.6 Å². The summed E-state index contributed by atoms with van der Waals surface area (Å²) in [6.07, 6.45) is 7.24. The van der Waals surface area contributed by atoms with Crippen molar-refractivity contribution in [3.05, 3.63) is 104 Å². The second kappa shape index (κ2) is 12.4. The van der Waals surface area contributed by atoms with Crippen LogP contribution < -0.4 is 0 Å². The molecule has 0 bridgehead atoms. The number of benzene rings is 2. The van der Waals surface area contributed by atoms with Gasteiger partial charge in [-0.3, -0.25) is 0 Å². The average Bonchev–Trinajstić information content (AvgIpc) is 2.56. The lowest BCUT2D eigenvalue weighted by Crippen LogP contribution is -1.76. The highest BCUT2D eigenvalue weighted by Gasteiger charge is 1.89. The second-order valence-electron chi connectivity index (χ2n) is 4.06. The van der Waals surface area contributed by atoms with Gasteiger partial charge in [-0.15, -0.1) is 6.58 Å². The topological polar surface area (TPSA) is 0 Å². The highest BCUT2D eigenvalue weighted by molar-refractivity contribution is 5.63. The summed E-state index contributed by atoms with van der Waals surface area (Å²) >= 11 is 0. The van der Waals surface area contributed by atoms with Gasteiger partial charge in [0, 0.05) is 0 Å². The molecule has 0 heteroatoms. The molecular weight excluding hydrogens is 252 g/mol. The van der Waals surface area contributed by atoms with Gasteiger partial charge in [-0.2, -0.15) is 0 Å². The van der Waals surface area contributed by atoms with Crippen molar-refractivity contribution < 1.29 is 0 Å². The second-order valence-corrected chi connectivity index (χ2v) is 4.06. The van der Waals surface area contributed by atoms with E-state index < -0.39 is 0 Å². The van der Waals surface area contributed by atoms with Crippen LogP contribution in [-0.2, 0) is 0 Å². The molecule has 0 amide bonds. The average molecular weight is 276 g/mol. The monoisotopic (exact) mass is 276 g/mol. The van der Waals surface area contributed by atoms with E-state index in [9.17, 15) is 0 Å². The SMILES string of the molecule is C=CC.C=Cc1ccccc1.C=Cc1ccccc1C=C. The minimum atomic E-state index is 1.14. The summed E-state index contributed by atoms with van der Waals surface area (Å²) in [6.45, 7) is 16.3. The van der Waals surface area contributed by atoms with Gasteiger partial charge in [-0.05, 0) is 23.6 Å². The normalized spacial score (nSPS) is 8.05. The predicted octanol–water partition coefficient (Wildman–Crippen LogP) is 6.49. The fourth-order valence-corrected chi connectivity index (χ4v) is 1.47. The summed E-state index contributed by atoms with van der Waals surface area (Å²) in [7, 11) is 0. The zero-order valence-electron chi connectivity index (χ0n) is 12.8. The lowest BCUT2D eigenvalue weighted by molar-refractivity contribution is 1.62. The first-order valence-corrected chi connectivity index (χ1v) is 6.81. The van der Waals surface area contributed by atoms with Crippen molar-refractivity contribution in [2.75, 3.05) is 0 Å². The fourth-order valence-electron chi connectivity index (χ4n) is 1.47. The molecule has 0 unspecified atom stereocenters. The van der Waals surface area contributed by atoms with E-state index >= 15 is 0 Å². The molecule has 0 N–H and O–H groups in total. The van der Waals surface area contributed by atoms with Crippen LogP contribution in [0.1, 0.15) is 23.6 Å². The summed E-state index contributed by atoms with van der Waals surface area (Å²) in [5, 5.41) is 0. The highest BCUT2D eigenvalue weighted by atomic mass is 13.9. The molecule has 0 nitrogen and oxygen atoms in total. The molecule has 0 aliphatic rings. The van der Waals surface area contributed by atoms with E-state index in [4.69, 9.17) is 0 Å². The zero-order chi connectivity index (χ0) is 15.9.